The maximum Gasteiger partial charge on any atom is 0.306 e. The molecule has 0 rings (SSSR count). The molecule has 6 heteroatoms. The van der Waals surface area contributed by atoms with E-state index in [1.165, 1.54) is 167 Å². The molecule has 0 heterocycles. The van der Waals surface area contributed by atoms with E-state index in [2.05, 4.69) is 59.0 Å². The van der Waals surface area contributed by atoms with E-state index in [-0.39, 0.29) is 24.1 Å². The zero-order valence-corrected chi connectivity index (χ0v) is 34.9. The van der Waals surface area contributed by atoms with Crippen LogP contribution < -0.4 is 0 Å². The van der Waals surface area contributed by atoms with Gasteiger partial charge in [0.2, 0.25) is 0 Å². The summed E-state index contributed by atoms with van der Waals surface area (Å²) in [4.78, 5) is 25.0. The first kappa shape index (κ1) is 46.4. The molecule has 0 unspecified atom stereocenters. The summed E-state index contributed by atoms with van der Waals surface area (Å²) in [5.41, 5.74) is 0. The van der Waals surface area contributed by atoms with Crippen molar-refractivity contribution >= 4 is 57.1 Å². The van der Waals surface area contributed by atoms with Gasteiger partial charge in [0.25, 0.3) is 0 Å². The van der Waals surface area contributed by atoms with Gasteiger partial charge in [0.05, 0.1) is 0 Å². The number of ether oxygens (including phenoxy) is 2. The van der Waals surface area contributed by atoms with Crippen molar-refractivity contribution < 1.29 is 19.1 Å². The smallest absolute Gasteiger partial charge is 0.306 e. The van der Waals surface area contributed by atoms with Crippen molar-refractivity contribution in [3.05, 3.63) is 0 Å². The summed E-state index contributed by atoms with van der Waals surface area (Å²) in [5.74, 6) is -0.297. The van der Waals surface area contributed by atoms with Gasteiger partial charge in [0, 0.05) is 21.7 Å². The second kappa shape index (κ2) is 38.2. The van der Waals surface area contributed by atoms with Crippen LogP contribution in [-0.4, -0.2) is 33.0 Å². The molecule has 0 saturated carbocycles. The summed E-state index contributed by atoms with van der Waals surface area (Å²) in [6, 6.07) is 0. The molecule has 4 nitrogen and oxygen atoms in total. The molecule has 0 N–H and O–H groups in total. The average molecular weight is 875 g/mol. The summed E-state index contributed by atoms with van der Waals surface area (Å²) < 4.78 is 12.8. The Hall–Kier alpha value is 0.400. The first-order valence-electron chi connectivity index (χ1n) is 20.1. The third-order valence-corrected chi connectivity index (χ3v) is 11.0. The number of esters is 2. The van der Waals surface area contributed by atoms with Crippen LogP contribution in [0, 0.1) is 0 Å². The number of alkyl halides is 2. The maximum absolute atomic E-state index is 12.5. The van der Waals surface area contributed by atoms with Crippen molar-refractivity contribution in [3.8, 4) is 0 Å². The van der Waals surface area contributed by atoms with Crippen LogP contribution in [0.4, 0.5) is 0 Å². The van der Waals surface area contributed by atoms with Crippen molar-refractivity contribution in [1.29, 1.82) is 0 Å². The third-order valence-electron chi connectivity index (χ3n) is 9.25. The summed E-state index contributed by atoms with van der Waals surface area (Å²) in [7, 11) is 0. The van der Waals surface area contributed by atoms with E-state index in [1.54, 1.807) is 0 Å². The van der Waals surface area contributed by atoms with Gasteiger partial charge in [0.1, 0.15) is 12.2 Å². The van der Waals surface area contributed by atoms with Crippen molar-refractivity contribution in [2.24, 2.45) is 0 Å². The van der Waals surface area contributed by atoms with E-state index < -0.39 is 0 Å². The number of hydrogen-bond donors (Lipinski definition) is 0. The lowest BCUT2D eigenvalue weighted by atomic mass is 10.0. The van der Waals surface area contributed by atoms with Gasteiger partial charge in [-0.1, -0.05) is 239 Å². The highest BCUT2D eigenvalue weighted by molar-refractivity contribution is 14.1. The second-order valence-electron chi connectivity index (χ2n) is 13.8. The quantitative estimate of drug-likeness (QED) is 0.0270. The number of halogens is 2. The largest absolute Gasteiger partial charge is 0.458 e. The Bertz CT molecular complexity index is 591. The van der Waals surface area contributed by atoms with Crippen molar-refractivity contribution in [1.82, 2.24) is 0 Å². The van der Waals surface area contributed by atoms with E-state index in [1.807, 2.05) is 0 Å². The molecule has 2 atom stereocenters. The van der Waals surface area contributed by atoms with Crippen molar-refractivity contribution in [2.45, 2.75) is 232 Å². The van der Waals surface area contributed by atoms with E-state index >= 15 is 0 Å². The van der Waals surface area contributed by atoms with Gasteiger partial charge in [-0.3, -0.25) is 9.59 Å². The average Bonchev–Trinajstić information content (AvgIpc) is 3.06. The summed E-state index contributed by atoms with van der Waals surface area (Å²) in [6.45, 7) is 4.56. The van der Waals surface area contributed by atoms with Gasteiger partial charge < -0.3 is 9.47 Å². The molecule has 0 spiro atoms. The van der Waals surface area contributed by atoms with Gasteiger partial charge in [-0.25, -0.2) is 0 Å². The predicted molar refractivity (Wildman–Crippen MR) is 217 cm³/mol. The topological polar surface area (TPSA) is 52.6 Å². The molecule has 274 valence electrons. The predicted octanol–water partition coefficient (Wildman–Crippen LogP) is 14.2. The SMILES string of the molecule is CCCCCCCCCCCCCCCCCC(=O)O[C@H](CI)[C@@H](CI)OC(=O)CCCCCCCCCCCCCCCCC. The van der Waals surface area contributed by atoms with Crippen LogP contribution in [0.5, 0.6) is 0 Å². The number of hydrogen-bond acceptors (Lipinski definition) is 4. The molecule has 0 aliphatic carbocycles. The molecule has 0 aliphatic rings. The van der Waals surface area contributed by atoms with Gasteiger partial charge in [-0.2, -0.15) is 0 Å². The Kier molecular flexibility index (Phi) is 38.5. The monoisotopic (exact) mass is 874 g/mol. The Labute approximate surface area is 314 Å². The zero-order valence-electron chi connectivity index (χ0n) is 30.6. The number of rotatable bonds is 37. The van der Waals surface area contributed by atoms with Gasteiger partial charge in [-0.05, 0) is 12.8 Å². The lowest BCUT2D eigenvalue weighted by molar-refractivity contribution is -0.164. The van der Waals surface area contributed by atoms with Crippen LogP contribution in [0.3, 0.4) is 0 Å². The van der Waals surface area contributed by atoms with E-state index in [4.69, 9.17) is 9.47 Å². The Balaban J connectivity index is 3.74. The number of unbranched alkanes of at least 4 members (excludes halogenated alkanes) is 28. The molecule has 0 aromatic carbocycles. The standard InChI is InChI=1S/C40H76I2O4/c1-3-5-7-9-11-13-15-17-19-21-23-25-27-29-31-33-39(43)45-37(35-41)38(36-42)46-40(44)34-32-30-28-26-24-22-20-18-16-14-12-10-8-6-4-2/h37-38H,3-36H2,1-2H3/t37-,38-/m1/s1. The Morgan fingerprint density at radius 2 is 0.565 bits per heavy atom. The minimum absolute atomic E-state index is 0.148. The highest BCUT2D eigenvalue weighted by Crippen LogP contribution is 2.18. The van der Waals surface area contributed by atoms with E-state index in [0.717, 1.165) is 25.7 Å². The van der Waals surface area contributed by atoms with E-state index in [9.17, 15) is 9.59 Å². The summed E-state index contributed by atoms with van der Waals surface area (Å²) in [6.07, 6.45) is 39.6. The normalized spacial score (nSPS) is 12.7. The molecular formula is C40H76I2O4. The number of carbonyl (C=O) groups excluding carboxylic acids is 2. The van der Waals surface area contributed by atoms with Gasteiger partial charge in [-0.15, -0.1) is 0 Å². The van der Waals surface area contributed by atoms with Crippen LogP contribution in [0.25, 0.3) is 0 Å². The Morgan fingerprint density at radius 1 is 0.370 bits per heavy atom. The van der Waals surface area contributed by atoms with Crippen LogP contribution >= 0.6 is 45.2 Å². The van der Waals surface area contributed by atoms with Crippen molar-refractivity contribution in [2.75, 3.05) is 8.86 Å². The van der Waals surface area contributed by atoms with Crippen LogP contribution in [0.2, 0.25) is 0 Å². The first-order valence-corrected chi connectivity index (χ1v) is 23.1. The molecular weight excluding hydrogens is 798 g/mol. The second-order valence-corrected chi connectivity index (χ2v) is 15.5. The lowest BCUT2D eigenvalue weighted by Crippen LogP contribution is -2.37. The third kappa shape index (κ3) is 32.9. The van der Waals surface area contributed by atoms with Gasteiger partial charge in [0.15, 0.2) is 0 Å². The minimum Gasteiger partial charge on any atom is -0.458 e. The molecule has 46 heavy (non-hydrogen) atoms. The fraction of sp³-hybridized carbons (Fsp3) is 0.950. The molecule has 0 aromatic heterocycles. The molecule has 0 aliphatic heterocycles. The summed E-state index contributed by atoms with van der Waals surface area (Å²) in [5, 5.41) is 0. The van der Waals surface area contributed by atoms with Gasteiger partial charge >= 0.3 is 11.9 Å². The molecule has 0 saturated heterocycles. The Morgan fingerprint density at radius 3 is 0.761 bits per heavy atom. The van der Waals surface area contributed by atoms with Crippen LogP contribution in [0.1, 0.15) is 219 Å². The zero-order chi connectivity index (χ0) is 33.8. The molecule has 0 bridgehead atoms. The molecule has 0 fully saturated rings. The lowest BCUT2D eigenvalue weighted by Gasteiger charge is -2.24. The highest BCUT2D eigenvalue weighted by atomic mass is 127. The fourth-order valence-corrected chi connectivity index (χ4v) is 7.64. The highest BCUT2D eigenvalue weighted by Gasteiger charge is 2.27. The first-order chi connectivity index (χ1) is 22.6. The van der Waals surface area contributed by atoms with Crippen LogP contribution in [-0.2, 0) is 19.1 Å². The number of carbonyl (C=O) groups is 2. The van der Waals surface area contributed by atoms with E-state index in [0.29, 0.717) is 21.7 Å². The maximum atomic E-state index is 12.5. The molecule has 0 aromatic rings. The summed E-state index contributed by atoms with van der Waals surface area (Å²) >= 11 is 4.48. The van der Waals surface area contributed by atoms with Crippen molar-refractivity contribution in [3.63, 3.8) is 0 Å². The molecule has 0 amide bonds. The fourth-order valence-electron chi connectivity index (χ4n) is 6.15. The minimum atomic E-state index is -0.355. The van der Waals surface area contributed by atoms with Crippen LogP contribution in [0.15, 0.2) is 0 Å². The molecule has 0 radical (unpaired) electrons.